The molecule has 4 aromatic rings. The maximum absolute atomic E-state index is 13.9. The molecule has 0 saturated carbocycles. The van der Waals surface area contributed by atoms with E-state index in [4.69, 9.17) is 27.6 Å². The van der Waals surface area contributed by atoms with E-state index in [0.29, 0.717) is 27.1 Å². The predicted molar refractivity (Wildman–Crippen MR) is 190 cm³/mol. The van der Waals surface area contributed by atoms with Crippen molar-refractivity contribution in [2.75, 3.05) is 5.75 Å². The molecule has 0 saturated heterocycles. The van der Waals surface area contributed by atoms with E-state index in [9.17, 15) is 14.4 Å². The van der Waals surface area contributed by atoms with Gasteiger partial charge in [0.2, 0.25) is 5.91 Å². The zero-order valence-corrected chi connectivity index (χ0v) is 27.6. The molecular weight excluding hydrogens is 653 g/mol. The van der Waals surface area contributed by atoms with Crippen LogP contribution in [0.3, 0.4) is 0 Å². The number of amides is 3. The fraction of sp³-hybridized carbons (Fsp3) is 0.0811. The van der Waals surface area contributed by atoms with Crippen LogP contribution >= 0.6 is 35.0 Å². The van der Waals surface area contributed by atoms with Crippen molar-refractivity contribution in [3.63, 3.8) is 0 Å². The molecule has 236 valence electrons. The Morgan fingerprint density at radius 2 is 1.68 bits per heavy atom. The number of aliphatic imine (C=N–C) groups is 1. The highest BCUT2D eigenvalue weighted by molar-refractivity contribution is 8.14. The molecule has 1 aromatic heterocycles. The predicted octanol–water partition coefficient (Wildman–Crippen LogP) is 8.65. The van der Waals surface area contributed by atoms with Gasteiger partial charge in [-0.1, -0.05) is 120 Å². The van der Waals surface area contributed by atoms with Gasteiger partial charge in [0.1, 0.15) is 17.1 Å². The van der Waals surface area contributed by atoms with Crippen LogP contribution in [0.5, 0.6) is 0 Å². The van der Waals surface area contributed by atoms with Crippen LogP contribution in [0.2, 0.25) is 10.0 Å². The molecule has 10 heteroatoms. The summed E-state index contributed by atoms with van der Waals surface area (Å²) < 4.78 is 5.92. The minimum absolute atomic E-state index is 0.0677. The monoisotopic (exact) mass is 681 g/mol. The fourth-order valence-electron chi connectivity index (χ4n) is 4.80. The van der Waals surface area contributed by atoms with Gasteiger partial charge in [-0.3, -0.25) is 19.3 Å². The van der Waals surface area contributed by atoms with Crippen molar-refractivity contribution in [2.24, 2.45) is 4.99 Å². The summed E-state index contributed by atoms with van der Waals surface area (Å²) in [6.07, 6.45) is 7.95. The lowest BCUT2D eigenvalue weighted by Crippen LogP contribution is -2.42. The molecule has 2 heterocycles. The average Bonchev–Trinajstić information content (AvgIpc) is 3.54. The van der Waals surface area contributed by atoms with Gasteiger partial charge < -0.3 is 9.73 Å². The van der Waals surface area contributed by atoms with Gasteiger partial charge in [0.15, 0.2) is 5.17 Å². The first kappa shape index (κ1) is 33.5. The first-order valence-electron chi connectivity index (χ1n) is 14.5. The number of nitrogens with one attached hydrogen (secondary N) is 1. The molecular formula is C37H29Cl2N3O4S. The molecule has 5 rings (SSSR count). The Hall–Kier alpha value is -4.89. The summed E-state index contributed by atoms with van der Waals surface area (Å²) in [5, 5.41) is 4.02. The maximum Gasteiger partial charge on any atom is 0.285 e. The molecule has 0 unspecified atom stereocenters. The number of rotatable bonds is 10. The van der Waals surface area contributed by atoms with E-state index < -0.39 is 17.9 Å². The van der Waals surface area contributed by atoms with Gasteiger partial charge in [-0.2, -0.15) is 4.99 Å². The maximum atomic E-state index is 13.9. The topological polar surface area (TPSA) is 92.0 Å². The van der Waals surface area contributed by atoms with E-state index >= 15 is 0 Å². The van der Waals surface area contributed by atoms with Crippen molar-refractivity contribution < 1.29 is 18.8 Å². The Morgan fingerprint density at radius 1 is 1.00 bits per heavy atom. The SMILES string of the molecule is C=C/C=C\C(=C/C)N1C(=O)/C(=C\c2ccc(-c3ccc(Cl)cc3Cl)o2)C(=O)N=C1SCC(=O)NC(c1ccccc1)c1ccccc1. The highest BCUT2D eigenvalue weighted by Gasteiger charge is 2.35. The van der Waals surface area contributed by atoms with Crippen molar-refractivity contribution >= 4 is 63.9 Å². The number of furan rings is 1. The van der Waals surface area contributed by atoms with Gasteiger partial charge >= 0.3 is 0 Å². The molecule has 3 amide bonds. The van der Waals surface area contributed by atoms with E-state index in [1.54, 1.807) is 61.6 Å². The van der Waals surface area contributed by atoms with Crippen LogP contribution in [0.1, 0.15) is 29.9 Å². The summed E-state index contributed by atoms with van der Waals surface area (Å²) in [6, 6.07) is 27.2. The summed E-state index contributed by atoms with van der Waals surface area (Å²) in [6.45, 7) is 5.46. The van der Waals surface area contributed by atoms with Gasteiger partial charge in [0.25, 0.3) is 11.8 Å². The van der Waals surface area contributed by atoms with Gasteiger partial charge in [-0.25, -0.2) is 0 Å². The van der Waals surface area contributed by atoms with Gasteiger partial charge in [-0.05, 0) is 60.5 Å². The Morgan fingerprint density at radius 3 is 2.30 bits per heavy atom. The molecule has 1 aliphatic rings. The number of allylic oxidation sites excluding steroid dienone is 4. The van der Waals surface area contributed by atoms with Crippen LogP contribution in [0.15, 0.2) is 143 Å². The molecule has 0 bridgehead atoms. The third-order valence-electron chi connectivity index (χ3n) is 7.02. The lowest BCUT2D eigenvalue weighted by molar-refractivity contribution is -0.126. The largest absolute Gasteiger partial charge is 0.457 e. The van der Waals surface area contributed by atoms with Crippen LogP contribution in [-0.2, 0) is 14.4 Å². The Kier molecular flexibility index (Phi) is 11.1. The Balaban J connectivity index is 1.41. The van der Waals surface area contributed by atoms with Gasteiger partial charge in [0.05, 0.1) is 16.8 Å². The second-order valence-corrected chi connectivity index (χ2v) is 11.9. The first-order chi connectivity index (χ1) is 22.8. The standard InChI is InChI=1S/C37H29Cl2N3O4S/c1-3-5-16-27(4-2)42-36(45)30(22-28-18-20-32(46-28)29-19-17-26(38)21-31(29)39)35(44)41-37(42)47-23-33(43)40-34(24-12-8-6-9-13-24)25-14-10-7-11-15-25/h3-22,34H,1,23H2,2H3,(H,40,43)/b16-5-,27-4+,30-22-. The molecule has 7 nitrogen and oxygen atoms in total. The van der Waals surface area contributed by atoms with Gasteiger partial charge in [-0.15, -0.1) is 0 Å². The third-order valence-corrected chi connectivity index (χ3v) is 8.51. The van der Waals surface area contributed by atoms with E-state index in [1.807, 2.05) is 60.7 Å². The minimum atomic E-state index is -0.758. The summed E-state index contributed by atoms with van der Waals surface area (Å²) >= 11 is 13.3. The average molecular weight is 683 g/mol. The van der Waals surface area contributed by atoms with Crippen LogP contribution in [-0.4, -0.2) is 33.5 Å². The van der Waals surface area contributed by atoms with E-state index in [1.165, 1.54) is 11.0 Å². The quantitative estimate of drug-likeness (QED) is 0.103. The van der Waals surface area contributed by atoms with Crippen molar-refractivity contribution in [3.05, 3.63) is 160 Å². The number of nitrogens with zero attached hydrogens (tertiary/aromatic N) is 2. The number of carbonyl (C=O) groups is 3. The second-order valence-electron chi connectivity index (χ2n) is 10.1. The van der Waals surface area contributed by atoms with Crippen LogP contribution in [0.25, 0.3) is 17.4 Å². The zero-order chi connectivity index (χ0) is 33.3. The molecule has 0 radical (unpaired) electrons. The third kappa shape index (κ3) is 8.10. The highest BCUT2D eigenvalue weighted by atomic mass is 35.5. The molecule has 0 fully saturated rings. The zero-order valence-electron chi connectivity index (χ0n) is 25.2. The van der Waals surface area contributed by atoms with E-state index in [-0.39, 0.29) is 28.2 Å². The van der Waals surface area contributed by atoms with Crippen molar-refractivity contribution in [2.45, 2.75) is 13.0 Å². The lowest BCUT2D eigenvalue weighted by atomic mass is 9.99. The second kappa shape index (κ2) is 15.6. The lowest BCUT2D eigenvalue weighted by Gasteiger charge is -2.28. The number of thioether (sulfide) groups is 1. The number of benzene rings is 3. The first-order valence-corrected chi connectivity index (χ1v) is 16.2. The summed E-state index contributed by atoms with van der Waals surface area (Å²) in [5.41, 5.74) is 2.67. The number of halogens is 2. The molecule has 47 heavy (non-hydrogen) atoms. The molecule has 0 spiro atoms. The number of amidine groups is 1. The number of hydrogen-bond acceptors (Lipinski definition) is 5. The molecule has 0 aliphatic carbocycles. The summed E-state index contributed by atoms with van der Waals surface area (Å²) in [5.74, 6) is -1.09. The number of hydrogen-bond donors (Lipinski definition) is 1. The number of carbonyl (C=O) groups excluding carboxylic acids is 3. The molecule has 0 atom stereocenters. The Bertz CT molecular complexity index is 1890. The fourth-order valence-corrected chi connectivity index (χ4v) is 6.11. The Labute approximate surface area is 287 Å². The molecule has 1 aliphatic heterocycles. The summed E-state index contributed by atoms with van der Waals surface area (Å²) in [4.78, 5) is 46.1. The van der Waals surface area contributed by atoms with Crippen molar-refractivity contribution in [3.8, 4) is 11.3 Å². The van der Waals surface area contributed by atoms with Gasteiger partial charge in [0, 0.05) is 16.3 Å². The molecule has 1 N–H and O–H groups in total. The summed E-state index contributed by atoms with van der Waals surface area (Å²) in [7, 11) is 0. The van der Waals surface area contributed by atoms with E-state index in [2.05, 4.69) is 16.9 Å². The van der Waals surface area contributed by atoms with Crippen molar-refractivity contribution in [1.29, 1.82) is 0 Å². The highest BCUT2D eigenvalue weighted by Crippen LogP contribution is 2.33. The van der Waals surface area contributed by atoms with Crippen molar-refractivity contribution in [1.82, 2.24) is 10.2 Å². The molecule has 3 aromatic carbocycles. The van der Waals surface area contributed by atoms with Crippen LogP contribution < -0.4 is 5.32 Å². The normalized spacial score (nSPS) is 14.6. The van der Waals surface area contributed by atoms with Crippen LogP contribution in [0, 0.1) is 0 Å². The van der Waals surface area contributed by atoms with Crippen LogP contribution in [0.4, 0.5) is 0 Å². The minimum Gasteiger partial charge on any atom is -0.457 e. The van der Waals surface area contributed by atoms with E-state index in [0.717, 1.165) is 22.9 Å². The smallest absolute Gasteiger partial charge is 0.285 e.